The Balaban J connectivity index is 1.53. The van der Waals surface area contributed by atoms with Crippen LogP contribution in [-0.4, -0.2) is 27.8 Å². The first kappa shape index (κ1) is 17.6. The molecule has 0 unspecified atom stereocenters. The van der Waals surface area contributed by atoms with Crippen molar-refractivity contribution in [2.75, 3.05) is 6.54 Å². The third-order valence-electron chi connectivity index (χ3n) is 3.97. The molecule has 5 nitrogen and oxygen atoms in total. The summed E-state index contributed by atoms with van der Waals surface area (Å²) in [6.07, 6.45) is 6.50. The summed E-state index contributed by atoms with van der Waals surface area (Å²) in [7, 11) is 0. The summed E-state index contributed by atoms with van der Waals surface area (Å²) < 4.78 is 7.43. The molecular weight excluding hydrogens is 326 g/mol. The summed E-state index contributed by atoms with van der Waals surface area (Å²) in [6.45, 7) is 3.65. The second-order valence-corrected chi connectivity index (χ2v) is 5.90. The Morgan fingerprint density at radius 2 is 1.85 bits per heavy atom. The highest BCUT2D eigenvalue weighted by molar-refractivity contribution is 5.99. The lowest BCUT2D eigenvalue weighted by Gasteiger charge is -2.06. The average Bonchev–Trinajstić information content (AvgIpc) is 3.20. The van der Waals surface area contributed by atoms with E-state index in [2.05, 4.69) is 9.98 Å². The summed E-state index contributed by atoms with van der Waals surface area (Å²) >= 11 is 0. The van der Waals surface area contributed by atoms with Crippen LogP contribution in [0.15, 0.2) is 78.3 Å². The summed E-state index contributed by atoms with van der Waals surface area (Å²) in [5, 5.41) is 0. The zero-order valence-corrected chi connectivity index (χ0v) is 14.7. The largest absolute Gasteiger partial charge is 0.423 e. The Kier molecular flexibility index (Phi) is 5.93. The zero-order valence-electron chi connectivity index (χ0n) is 14.7. The molecule has 3 rings (SSSR count). The monoisotopic (exact) mass is 347 g/mol. The summed E-state index contributed by atoms with van der Waals surface area (Å²) in [6, 6.07) is 16.4. The molecule has 132 valence electrons. The molecule has 0 bridgehead atoms. The third kappa shape index (κ3) is 4.89. The van der Waals surface area contributed by atoms with Gasteiger partial charge in [0.15, 0.2) is 0 Å². The number of hydrogen-bond acceptors (Lipinski definition) is 4. The molecule has 3 aromatic rings. The lowest BCUT2D eigenvalue weighted by molar-refractivity contribution is 0.0735. The van der Waals surface area contributed by atoms with E-state index >= 15 is 0 Å². The molecule has 26 heavy (non-hydrogen) atoms. The lowest BCUT2D eigenvalue weighted by Crippen LogP contribution is -2.08. The van der Waals surface area contributed by atoms with E-state index < -0.39 is 0 Å². The Bertz CT molecular complexity index is 854. The van der Waals surface area contributed by atoms with Crippen molar-refractivity contribution in [1.29, 1.82) is 0 Å². The molecule has 5 heteroatoms. The van der Waals surface area contributed by atoms with Gasteiger partial charge in [0.25, 0.3) is 0 Å². The highest BCUT2D eigenvalue weighted by Gasteiger charge is 2.07. The van der Waals surface area contributed by atoms with E-state index in [-0.39, 0.29) is 5.97 Å². The van der Waals surface area contributed by atoms with Crippen LogP contribution in [-0.2, 0) is 6.54 Å². The number of carbonyl (C=O) groups excluding carboxylic acids is 1. The van der Waals surface area contributed by atoms with Gasteiger partial charge in [-0.15, -0.1) is 0 Å². The molecule has 0 aliphatic carbocycles. The van der Waals surface area contributed by atoms with Crippen LogP contribution in [0.2, 0.25) is 0 Å². The standard InChI is InChI=1S/C21H21N3O2/c1-17(23-12-5-14-24-15-13-22-16-24)18-8-10-20(11-9-18)26-21(25)19-6-3-2-4-7-19/h2-4,6-11,13,15-16H,5,12,14H2,1H3/b23-17+. The van der Waals surface area contributed by atoms with Crippen molar-refractivity contribution < 1.29 is 9.53 Å². The minimum Gasteiger partial charge on any atom is -0.423 e. The number of esters is 1. The van der Waals surface area contributed by atoms with Gasteiger partial charge in [0.2, 0.25) is 0 Å². The summed E-state index contributed by atoms with van der Waals surface area (Å²) in [4.78, 5) is 20.7. The SMILES string of the molecule is C/C(=N\CCCn1ccnc1)c1ccc(OC(=O)c2ccccc2)cc1. The molecule has 0 fully saturated rings. The number of benzene rings is 2. The second kappa shape index (κ2) is 8.76. The minimum atomic E-state index is -0.358. The maximum Gasteiger partial charge on any atom is 0.343 e. The lowest BCUT2D eigenvalue weighted by atomic mass is 10.1. The van der Waals surface area contributed by atoms with E-state index in [1.54, 1.807) is 30.5 Å². The van der Waals surface area contributed by atoms with Crippen molar-refractivity contribution in [1.82, 2.24) is 9.55 Å². The number of ether oxygens (including phenoxy) is 1. The van der Waals surface area contributed by atoms with Crippen LogP contribution in [0.5, 0.6) is 5.75 Å². The molecule has 0 aliphatic heterocycles. The van der Waals surface area contributed by atoms with Crippen molar-refractivity contribution >= 4 is 11.7 Å². The normalized spacial score (nSPS) is 11.3. The fraction of sp³-hybridized carbons (Fsp3) is 0.190. The van der Waals surface area contributed by atoms with E-state index in [0.717, 1.165) is 30.8 Å². The molecule has 0 aliphatic rings. The van der Waals surface area contributed by atoms with Gasteiger partial charge in [-0.3, -0.25) is 4.99 Å². The molecule has 0 saturated carbocycles. The van der Waals surface area contributed by atoms with Crippen LogP contribution in [0.3, 0.4) is 0 Å². The number of aliphatic imine (C=N–C) groups is 1. The van der Waals surface area contributed by atoms with Crippen LogP contribution in [0.1, 0.15) is 29.3 Å². The molecule has 0 saturated heterocycles. The minimum absolute atomic E-state index is 0.358. The van der Waals surface area contributed by atoms with E-state index in [9.17, 15) is 4.79 Å². The first-order valence-corrected chi connectivity index (χ1v) is 8.57. The average molecular weight is 347 g/mol. The predicted octanol–water partition coefficient (Wildman–Crippen LogP) is 4.00. The molecule has 1 heterocycles. The van der Waals surface area contributed by atoms with Crippen molar-refractivity contribution in [3.63, 3.8) is 0 Å². The Morgan fingerprint density at radius 3 is 2.54 bits per heavy atom. The van der Waals surface area contributed by atoms with Gasteiger partial charge in [0.05, 0.1) is 11.9 Å². The molecule has 0 spiro atoms. The van der Waals surface area contributed by atoms with Crippen molar-refractivity contribution in [2.24, 2.45) is 4.99 Å². The molecule has 0 radical (unpaired) electrons. The zero-order chi connectivity index (χ0) is 18.2. The number of imidazole rings is 1. The molecular formula is C21H21N3O2. The highest BCUT2D eigenvalue weighted by Crippen LogP contribution is 2.15. The third-order valence-corrected chi connectivity index (χ3v) is 3.97. The van der Waals surface area contributed by atoms with E-state index in [4.69, 9.17) is 4.74 Å². The van der Waals surface area contributed by atoms with E-state index in [0.29, 0.717) is 11.3 Å². The maximum absolute atomic E-state index is 12.1. The summed E-state index contributed by atoms with van der Waals surface area (Å²) in [5.41, 5.74) is 2.52. The van der Waals surface area contributed by atoms with E-state index in [1.165, 1.54) is 0 Å². The Labute approximate surface area is 153 Å². The number of rotatable bonds is 7. The van der Waals surface area contributed by atoms with Gasteiger partial charge in [-0.25, -0.2) is 9.78 Å². The summed E-state index contributed by atoms with van der Waals surface area (Å²) in [5.74, 6) is 0.166. The maximum atomic E-state index is 12.1. The molecule has 2 aromatic carbocycles. The van der Waals surface area contributed by atoms with Crippen molar-refractivity contribution in [2.45, 2.75) is 19.9 Å². The number of nitrogens with zero attached hydrogens (tertiary/aromatic N) is 3. The second-order valence-electron chi connectivity index (χ2n) is 5.90. The van der Waals surface area contributed by atoms with Crippen LogP contribution < -0.4 is 4.74 Å². The first-order chi connectivity index (χ1) is 12.7. The fourth-order valence-electron chi connectivity index (χ4n) is 2.51. The molecule has 0 amide bonds. The van der Waals surface area contributed by atoms with Crippen LogP contribution in [0.4, 0.5) is 0 Å². The van der Waals surface area contributed by atoms with Gasteiger partial charge in [-0.05, 0) is 55.3 Å². The molecule has 1 aromatic heterocycles. The predicted molar refractivity (Wildman–Crippen MR) is 102 cm³/mol. The quantitative estimate of drug-likeness (QED) is 0.281. The first-order valence-electron chi connectivity index (χ1n) is 8.57. The fourth-order valence-corrected chi connectivity index (χ4v) is 2.51. The topological polar surface area (TPSA) is 56.5 Å². The van der Waals surface area contributed by atoms with Gasteiger partial charge >= 0.3 is 5.97 Å². The Hall–Kier alpha value is -3.21. The van der Waals surface area contributed by atoms with E-state index in [1.807, 2.05) is 54.3 Å². The number of aryl methyl sites for hydroxylation is 1. The van der Waals surface area contributed by atoms with Crippen LogP contribution >= 0.6 is 0 Å². The van der Waals surface area contributed by atoms with Crippen LogP contribution in [0.25, 0.3) is 0 Å². The number of hydrogen-bond donors (Lipinski definition) is 0. The van der Waals surface area contributed by atoms with Crippen molar-refractivity contribution in [3.8, 4) is 5.75 Å². The highest BCUT2D eigenvalue weighted by atomic mass is 16.5. The van der Waals surface area contributed by atoms with Crippen LogP contribution in [0, 0.1) is 0 Å². The molecule has 0 N–H and O–H groups in total. The smallest absolute Gasteiger partial charge is 0.343 e. The number of aromatic nitrogens is 2. The van der Waals surface area contributed by atoms with Gasteiger partial charge in [0.1, 0.15) is 5.75 Å². The van der Waals surface area contributed by atoms with Gasteiger partial charge < -0.3 is 9.30 Å². The molecule has 0 atom stereocenters. The van der Waals surface area contributed by atoms with Gasteiger partial charge in [-0.1, -0.05) is 18.2 Å². The van der Waals surface area contributed by atoms with Gasteiger partial charge in [0, 0.05) is 31.2 Å². The Morgan fingerprint density at radius 1 is 1.08 bits per heavy atom. The van der Waals surface area contributed by atoms with Crippen molar-refractivity contribution in [3.05, 3.63) is 84.4 Å². The van der Waals surface area contributed by atoms with Gasteiger partial charge in [-0.2, -0.15) is 0 Å². The number of carbonyl (C=O) groups is 1.